The molecule has 0 aromatic heterocycles. The number of anilines is 1. The first-order valence-electron chi connectivity index (χ1n) is 11.4. The first-order chi connectivity index (χ1) is 14.2. The third-order valence-electron chi connectivity index (χ3n) is 6.74. The molecule has 3 atom stereocenters. The van der Waals surface area contributed by atoms with Crippen LogP contribution in [-0.4, -0.2) is 78.4 Å². The summed E-state index contributed by atoms with van der Waals surface area (Å²) < 4.78 is 0. The molecule has 2 amide bonds. The Morgan fingerprint density at radius 2 is 1.70 bits per heavy atom. The van der Waals surface area contributed by atoms with E-state index in [2.05, 4.69) is 46.9 Å². The fourth-order valence-electron chi connectivity index (χ4n) is 4.85. The lowest BCUT2D eigenvalue weighted by molar-refractivity contribution is -0.140. The molecule has 30 heavy (non-hydrogen) atoms. The summed E-state index contributed by atoms with van der Waals surface area (Å²) >= 11 is 0. The van der Waals surface area contributed by atoms with Gasteiger partial charge in [0, 0.05) is 45.0 Å². The molecule has 2 heterocycles. The lowest BCUT2D eigenvalue weighted by Gasteiger charge is -2.41. The first kappa shape index (κ1) is 22.8. The number of hydrogen-bond acceptors (Lipinski definition) is 4. The Labute approximate surface area is 181 Å². The monoisotopic (exact) mass is 414 g/mol. The van der Waals surface area contributed by atoms with E-state index in [0.717, 1.165) is 50.5 Å². The highest BCUT2D eigenvalue weighted by atomic mass is 16.2. The summed E-state index contributed by atoms with van der Waals surface area (Å²) in [4.78, 5) is 32.0. The zero-order valence-corrected chi connectivity index (χ0v) is 19.3. The number of carbonyl (C=O) groups is 2. The highest BCUT2D eigenvalue weighted by Gasteiger charge is 2.32. The molecule has 1 aromatic rings. The van der Waals surface area contributed by atoms with Crippen LogP contribution in [0.3, 0.4) is 0 Å². The predicted molar refractivity (Wildman–Crippen MR) is 122 cm³/mol. The van der Waals surface area contributed by atoms with Gasteiger partial charge in [-0.1, -0.05) is 26.0 Å². The Balaban J connectivity index is 1.46. The summed E-state index contributed by atoms with van der Waals surface area (Å²) in [5.74, 6) is 1.45. The third kappa shape index (κ3) is 5.61. The fraction of sp³-hybridized carbons (Fsp3) is 0.667. The Hall–Kier alpha value is -1.92. The first-order valence-corrected chi connectivity index (χ1v) is 11.4. The van der Waals surface area contributed by atoms with Gasteiger partial charge in [0.15, 0.2) is 0 Å². The van der Waals surface area contributed by atoms with E-state index in [0.29, 0.717) is 18.4 Å². The van der Waals surface area contributed by atoms with Crippen LogP contribution in [0.15, 0.2) is 18.2 Å². The van der Waals surface area contributed by atoms with Crippen LogP contribution in [0.2, 0.25) is 0 Å². The van der Waals surface area contributed by atoms with Crippen LogP contribution in [0, 0.1) is 25.7 Å². The maximum atomic E-state index is 13.0. The van der Waals surface area contributed by atoms with Crippen LogP contribution in [0.1, 0.15) is 38.3 Å². The number of benzene rings is 1. The number of hydrogen-bond donors (Lipinski definition) is 1. The molecule has 6 nitrogen and oxygen atoms in total. The summed E-state index contributed by atoms with van der Waals surface area (Å²) in [6.07, 6.45) is 1.21. The van der Waals surface area contributed by atoms with E-state index in [4.69, 9.17) is 0 Å². The molecule has 2 aliphatic rings. The molecule has 1 aromatic carbocycles. The zero-order chi connectivity index (χ0) is 21.8. The number of carbonyl (C=O) groups excluding carboxylic acids is 2. The normalized spacial score (nSPS) is 24.5. The highest BCUT2D eigenvalue weighted by Crippen LogP contribution is 2.22. The van der Waals surface area contributed by atoms with Gasteiger partial charge in [-0.3, -0.25) is 19.4 Å². The van der Waals surface area contributed by atoms with Gasteiger partial charge in [0.05, 0.1) is 12.6 Å². The van der Waals surface area contributed by atoms with Crippen molar-refractivity contribution in [3.8, 4) is 0 Å². The second-order valence-corrected chi connectivity index (χ2v) is 9.47. The van der Waals surface area contributed by atoms with Gasteiger partial charge in [-0.05, 0) is 56.2 Å². The van der Waals surface area contributed by atoms with Gasteiger partial charge >= 0.3 is 0 Å². The Morgan fingerprint density at radius 1 is 1.07 bits per heavy atom. The van der Waals surface area contributed by atoms with Gasteiger partial charge in [0.25, 0.3) is 0 Å². The van der Waals surface area contributed by atoms with Crippen molar-refractivity contribution in [1.29, 1.82) is 0 Å². The van der Waals surface area contributed by atoms with Crippen LogP contribution in [0.4, 0.5) is 5.69 Å². The third-order valence-corrected chi connectivity index (χ3v) is 6.74. The van der Waals surface area contributed by atoms with Crippen molar-refractivity contribution < 1.29 is 9.59 Å². The predicted octanol–water partition coefficient (Wildman–Crippen LogP) is 2.75. The van der Waals surface area contributed by atoms with Crippen molar-refractivity contribution >= 4 is 17.5 Å². The zero-order valence-electron chi connectivity index (χ0n) is 19.3. The molecule has 6 heteroatoms. The number of piperazine rings is 1. The van der Waals surface area contributed by atoms with Gasteiger partial charge in [0.2, 0.25) is 11.8 Å². The number of rotatable bonds is 5. The maximum Gasteiger partial charge on any atom is 0.239 e. The lowest BCUT2D eigenvalue weighted by Crippen LogP contribution is -2.56. The molecular weight excluding hydrogens is 376 g/mol. The number of nitrogens with zero attached hydrogens (tertiary/aromatic N) is 3. The van der Waals surface area contributed by atoms with E-state index in [-0.39, 0.29) is 17.9 Å². The number of nitrogens with one attached hydrogen (secondary N) is 1. The van der Waals surface area contributed by atoms with E-state index in [9.17, 15) is 9.59 Å². The Bertz CT molecular complexity index is 748. The molecule has 2 fully saturated rings. The van der Waals surface area contributed by atoms with Gasteiger partial charge in [0.1, 0.15) is 0 Å². The van der Waals surface area contributed by atoms with Crippen LogP contribution in [0.5, 0.6) is 0 Å². The lowest BCUT2D eigenvalue weighted by atomic mass is 9.91. The molecule has 166 valence electrons. The Kier molecular flexibility index (Phi) is 7.53. The van der Waals surface area contributed by atoms with Crippen molar-refractivity contribution in [3.63, 3.8) is 0 Å². The highest BCUT2D eigenvalue weighted by molar-refractivity contribution is 5.93. The minimum Gasteiger partial charge on any atom is -0.341 e. The van der Waals surface area contributed by atoms with Crippen molar-refractivity contribution in [2.75, 3.05) is 51.1 Å². The summed E-state index contributed by atoms with van der Waals surface area (Å²) in [7, 11) is 0. The second-order valence-electron chi connectivity index (χ2n) is 9.47. The summed E-state index contributed by atoms with van der Waals surface area (Å²) in [5, 5.41) is 3.05. The molecule has 0 unspecified atom stereocenters. The van der Waals surface area contributed by atoms with E-state index < -0.39 is 0 Å². The second kappa shape index (κ2) is 9.92. The topological polar surface area (TPSA) is 55.9 Å². The average Bonchev–Trinajstić information content (AvgIpc) is 2.70. The van der Waals surface area contributed by atoms with Gasteiger partial charge < -0.3 is 10.2 Å². The minimum atomic E-state index is -0.0894. The number of likely N-dealkylation sites (tertiary alicyclic amines) is 1. The van der Waals surface area contributed by atoms with Gasteiger partial charge in [-0.25, -0.2) is 0 Å². The van der Waals surface area contributed by atoms with Gasteiger partial charge in [-0.15, -0.1) is 0 Å². The van der Waals surface area contributed by atoms with Crippen molar-refractivity contribution in [2.24, 2.45) is 11.8 Å². The van der Waals surface area contributed by atoms with Crippen LogP contribution in [0.25, 0.3) is 0 Å². The summed E-state index contributed by atoms with van der Waals surface area (Å²) in [6.45, 7) is 16.0. The molecule has 2 aliphatic heterocycles. The molecule has 1 N–H and O–H groups in total. The molecule has 0 bridgehead atoms. The molecular formula is C24H38N4O2. The number of piperidine rings is 1. The van der Waals surface area contributed by atoms with Gasteiger partial charge in [-0.2, -0.15) is 0 Å². The SMILES string of the molecule is Cc1cccc(NC(=O)CN2CCN([C@@H](C)C(=O)N3C[C@@H](C)C[C@H](C)C3)CC2)c1C. The molecule has 0 saturated carbocycles. The maximum absolute atomic E-state index is 13.0. The number of aryl methyl sites for hydroxylation is 1. The molecule has 3 rings (SSSR count). The van der Waals surface area contributed by atoms with Crippen molar-refractivity contribution in [2.45, 2.75) is 47.1 Å². The summed E-state index contributed by atoms with van der Waals surface area (Å²) in [5.41, 5.74) is 3.18. The quantitative estimate of drug-likeness (QED) is 0.805. The van der Waals surface area contributed by atoms with Crippen molar-refractivity contribution in [3.05, 3.63) is 29.3 Å². The van der Waals surface area contributed by atoms with E-state index in [1.54, 1.807) is 0 Å². The van der Waals surface area contributed by atoms with Crippen LogP contribution in [-0.2, 0) is 9.59 Å². The van der Waals surface area contributed by atoms with E-state index in [1.807, 2.05) is 26.0 Å². The van der Waals surface area contributed by atoms with E-state index >= 15 is 0 Å². The minimum absolute atomic E-state index is 0.0255. The van der Waals surface area contributed by atoms with Crippen LogP contribution < -0.4 is 5.32 Å². The molecule has 0 spiro atoms. The molecule has 2 saturated heterocycles. The molecule has 0 aliphatic carbocycles. The number of amides is 2. The van der Waals surface area contributed by atoms with Crippen molar-refractivity contribution in [1.82, 2.24) is 14.7 Å². The largest absolute Gasteiger partial charge is 0.341 e. The average molecular weight is 415 g/mol. The molecule has 0 radical (unpaired) electrons. The summed E-state index contributed by atoms with van der Waals surface area (Å²) in [6, 6.07) is 5.89. The smallest absolute Gasteiger partial charge is 0.239 e. The fourth-order valence-corrected chi connectivity index (χ4v) is 4.85. The van der Waals surface area contributed by atoms with Crippen LogP contribution >= 0.6 is 0 Å². The van der Waals surface area contributed by atoms with E-state index in [1.165, 1.54) is 12.0 Å². The standard InChI is InChI=1S/C24H38N4O2/c1-17-13-18(2)15-28(14-17)24(30)21(5)27-11-9-26(10-12-27)16-23(29)25-22-8-6-7-19(3)20(22)4/h6-8,17-18,21H,9-16H2,1-5H3,(H,25,29)/t17-,18-,21-/m0/s1. The Morgan fingerprint density at radius 3 is 2.33 bits per heavy atom.